The van der Waals surface area contributed by atoms with Crippen molar-refractivity contribution in [3.05, 3.63) is 93.3 Å². The Morgan fingerprint density at radius 2 is 1.26 bits per heavy atom. The summed E-state index contributed by atoms with van der Waals surface area (Å²) in [5.41, 5.74) is 1.32. The van der Waals surface area contributed by atoms with Gasteiger partial charge in [-0.15, -0.1) is 5.06 Å². The third kappa shape index (κ3) is 3.93. The third-order valence-corrected chi connectivity index (χ3v) is 5.29. The molecule has 1 N–H and O–H groups in total. The zero-order chi connectivity index (χ0) is 24.4. The molecule has 172 valence electrons. The standard InChI is InChI=1S/C14H12N4O4.C8H5NO3/c19-12-10-4-1-2-5-11(10)13(20)17(12)8-3-7-16-9-6-15-14(16)18(21)22;10-7-5-3-1-2-4-6(5)8(11)9(7)12/h1-2,4-6,9H,3,7-8H2;1-4,12H. The van der Waals surface area contributed by atoms with Crippen molar-refractivity contribution in [3.8, 4) is 0 Å². The van der Waals surface area contributed by atoms with Crippen LogP contribution in [0.5, 0.6) is 0 Å². The Morgan fingerprint density at radius 3 is 1.74 bits per heavy atom. The zero-order valence-corrected chi connectivity index (χ0v) is 17.5. The molecule has 0 radical (unpaired) electrons. The number of hydroxylamine groups is 2. The Kier molecular flexibility index (Phi) is 5.97. The lowest BCUT2D eigenvalue weighted by Gasteiger charge is -2.13. The maximum Gasteiger partial charge on any atom is 0.434 e. The number of amides is 4. The summed E-state index contributed by atoms with van der Waals surface area (Å²) in [6, 6.07) is 13.0. The summed E-state index contributed by atoms with van der Waals surface area (Å²) >= 11 is 0. The van der Waals surface area contributed by atoms with Gasteiger partial charge in [0.25, 0.3) is 23.6 Å². The van der Waals surface area contributed by atoms with Gasteiger partial charge in [0.15, 0.2) is 0 Å². The summed E-state index contributed by atoms with van der Waals surface area (Å²) in [4.78, 5) is 61.4. The number of nitro groups is 1. The second kappa shape index (κ2) is 9.03. The topological polar surface area (TPSA) is 156 Å². The first-order valence-corrected chi connectivity index (χ1v) is 10.1. The second-order valence-corrected chi connectivity index (χ2v) is 7.31. The van der Waals surface area contributed by atoms with Crippen LogP contribution in [0.1, 0.15) is 47.9 Å². The van der Waals surface area contributed by atoms with Gasteiger partial charge in [-0.2, -0.15) is 0 Å². The van der Waals surface area contributed by atoms with Crippen LogP contribution in [-0.4, -0.2) is 59.8 Å². The van der Waals surface area contributed by atoms with Crippen molar-refractivity contribution in [2.75, 3.05) is 6.54 Å². The Hall–Kier alpha value is -4.71. The summed E-state index contributed by atoms with van der Waals surface area (Å²) < 4.78 is 1.39. The summed E-state index contributed by atoms with van der Waals surface area (Å²) in [5.74, 6) is -2.20. The van der Waals surface area contributed by atoms with Crippen molar-refractivity contribution in [2.24, 2.45) is 0 Å². The maximum absolute atomic E-state index is 12.2. The number of carbonyl (C=O) groups excluding carboxylic acids is 4. The van der Waals surface area contributed by atoms with Crippen LogP contribution in [-0.2, 0) is 6.54 Å². The van der Waals surface area contributed by atoms with Crippen molar-refractivity contribution in [2.45, 2.75) is 13.0 Å². The summed E-state index contributed by atoms with van der Waals surface area (Å²) in [6.45, 7) is 0.519. The van der Waals surface area contributed by atoms with Gasteiger partial charge in [0.05, 0.1) is 28.8 Å². The molecule has 2 aliphatic rings. The number of benzene rings is 2. The highest BCUT2D eigenvalue weighted by Gasteiger charge is 2.35. The van der Waals surface area contributed by atoms with E-state index in [9.17, 15) is 29.3 Å². The lowest BCUT2D eigenvalue weighted by Crippen LogP contribution is -2.31. The first kappa shape index (κ1) is 22.5. The van der Waals surface area contributed by atoms with Crippen LogP contribution in [0.3, 0.4) is 0 Å². The molecule has 34 heavy (non-hydrogen) atoms. The van der Waals surface area contributed by atoms with Gasteiger partial charge in [0, 0.05) is 6.54 Å². The van der Waals surface area contributed by atoms with E-state index in [1.165, 1.54) is 34.0 Å². The van der Waals surface area contributed by atoms with E-state index in [0.29, 0.717) is 24.1 Å². The molecule has 12 heteroatoms. The number of hydrogen-bond donors (Lipinski definition) is 1. The number of aromatic nitrogens is 2. The van der Waals surface area contributed by atoms with Gasteiger partial charge in [0.2, 0.25) is 0 Å². The van der Waals surface area contributed by atoms with Crippen LogP contribution in [0, 0.1) is 10.1 Å². The summed E-state index contributed by atoms with van der Waals surface area (Å²) in [6.07, 6.45) is 3.27. The summed E-state index contributed by atoms with van der Waals surface area (Å²) in [7, 11) is 0. The lowest BCUT2D eigenvalue weighted by atomic mass is 10.1. The fourth-order valence-electron chi connectivity index (χ4n) is 3.67. The van der Waals surface area contributed by atoms with E-state index in [0.717, 1.165) is 0 Å². The van der Waals surface area contributed by atoms with Crippen LogP contribution in [0.4, 0.5) is 5.95 Å². The molecule has 0 saturated carbocycles. The number of aryl methyl sites for hydroxylation is 1. The molecule has 0 bridgehead atoms. The normalized spacial score (nSPS) is 14.1. The van der Waals surface area contributed by atoms with Gasteiger partial charge in [-0.1, -0.05) is 29.2 Å². The first-order chi connectivity index (χ1) is 16.3. The Morgan fingerprint density at radius 1 is 0.794 bits per heavy atom. The van der Waals surface area contributed by atoms with Crippen LogP contribution in [0.25, 0.3) is 0 Å². The largest absolute Gasteiger partial charge is 0.434 e. The number of imide groups is 2. The maximum atomic E-state index is 12.2. The van der Waals surface area contributed by atoms with E-state index in [2.05, 4.69) is 4.98 Å². The molecule has 3 heterocycles. The molecule has 0 fully saturated rings. The van der Waals surface area contributed by atoms with Crippen molar-refractivity contribution in [1.29, 1.82) is 0 Å². The minimum absolute atomic E-state index is 0.130. The third-order valence-electron chi connectivity index (χ3n) is 5.29. The number of imidazole rings is 1. The number of fused-ring (bicyclic) bond motifs is 2. The van der Waals surface area contributed by atoms with Crippen LogP contribution in [0.15, 0.2) is 60.9 Å². The fourth-order valence-corrected chi connectivity index (χ4v) is 3.67. The highest BCUT2D eigenvalue weighted by atomic mass is 16.6. The molecule has 1 aromatic heterocycles. The van der Waals surface area contributed by atoms with E-state index in [1.807, 2.05) is 0 Å². The molecule has 5 rings (SSSR count). The van der Waals surface area contributed by atoms with Crippen molar-refractivity contribution in [3.63, 3.8) is 0 Å². The van der Waals surface area contributed by atoms with E-state index in [4.69, 9.17) is 5.21 Å². The summed E-state index contributed by atoms with van der Waals surface area (Å²) in [5, 5.41) is 19.8. The highest BCUT2D eigenvalue weighted by molar-refractivity contribution is 6.21. The molecule has 0 spiro atoms. The predicted octanol–water partition coefficient (Wildman–Crippen LogP) is 2.15. The highest BCUT2D eigenvalue weighted by Crippen LogP contribution is 2.23. The Balaban J connectivity index is 0.000000192. The Bertz CT molecular complexity index is 1260. The number of nitrogens with zero attached hydrogens (tertiary/aromatic N) is 5. The fraction of sp³-hybridized carbons (Fsp3) is 0.136. The van der Waals surface area contributed by atoms with Crippen molar-refractivity contribution in [1.82, 2.24) is 19.5 Å². The molecule has 2 aliphatic heterocycles. The number of rotatable bonds is 5. The Labute approximate surface area is 191 Å². The molecule has 3 aromatic rings. The van der Waals surface area contributed by atoms with Crippen molar-refractivity contribution < 1.29 is 29.3 Å². The van der Waals surface area contributed by atoms with Gasteiger partial charge in [-0.25, -0.2) is 4.57 Å². The van der Waals surface area contributed by atoms with Crippen molar-refractivity contribution >= 4 is 29.6 Å². The molecule has 0 saturated heterocycles. The average molecular weight is 463 g/mol. The van der Waals surface area contributed by atoms with Crippen LogP contribution < -0.4 is 0 Å². The molecular weight excluding hydrogens is 446 g/mol. The molecular formula is C22H17N5O7. The lowest BCUT2D eigenvalue weighted by molar-refractivity contribution is -0.396. The van der Waals surface area contributed by atoms with Gasteiger partial charge in [-0.05, 0) is 35.6 Å². The van der Waals surface area contributed by atoms with Crippen LogP contribution >= 0.6 is 0 Å². The quantitative estimate of drug-likeness (QED) is 0.261. The molecule has 12 nitrogen and oxygen atoms in total. The molecule has 0 aliphatic carbocycles. The molecule has 2 aromatic carbocycles. The molecule has 0 atom stereocenters. The van der Waals surface area contributed by atoms with E-state index in [1.54, 1.807) is 36.4 Å². The van der Waals surface area contributed by atoms with Gasteiger partial charge in [0.1, 0.15) is 12.4 Å². The van der Waals surface area contributed by atoms with E-state index in [-0.39, 0.29) is 40.5 Å². The van der Waals surface area contributed by atoms with Crippen LogP contribution in [0.2, 0.25) is 0 Å². The molecule has 0 unspecified atom stereocenters. The number of hydrogen-bond acceptors (Lipinski definition) is 8. The minimum Gasteiger partial charge on any atom is -0.390 e. The SMILES string of the molecule is O=C1c2ccccc2C(=O)N1CCCn1ccnc1[N+](=O)[O-].O=C1c2ccccc2C(=O)N1O. The smallest absolute Gasteiger partial charge is 0.390 e. The van der Waals surface area contributed by atoms with E-state index >= 15 is 0 Å². The first-order valence-electron chi connectivity index (χ1n) is 10.1. The zero-order valence-electron chi connectivity index (χ0n) is 17.5. The molecule has 4 amide bonds. The van der Waals surface area contributed by atoms with E-state index < -0.39 is 16.7 Å². The predicted molar refractivity (Wildman–Crippen MR) is 114 cm³/mol. The van der Waals surface area contributed by atoms with Gasteiger partial charge < -0.3 is 10.1 Å². The second-order valence-electron chi connectivity index (χ2n) is 7.31. The number of carbonyl (C=O) groups is 4. The average Bonchev–Trinajstić information content (AvgIpc) is 3.48. The minimum atomic E-state index is -0.657. The van der Waals surface area contributed by atoms with Gasteiger partial charge >= 0.3 is 5.95 Å². The van der Waals surface area contributed by atoms with Gasteiger partial charge in [-0.3, -0.25) is 29.3 Å². The monoisotopic (exact) mass is 463 g/mol.